The van der Waals surface area contributed by atoms with Gasteiger partial charge in [0.05, 0.1) is 13.7 Å². The van der Waals surface area contributed by atoms with Crippen LogP contribution in [0.15, 0.2) is 54.6 Å². The predicted octanol–water partition coefficient (Wildman–Crippen LogP) is 4.93. The molecule has 230 valence electrons. The van der Waals surface area contributed by atoms with Gasteiger partial charge >= 0.3 is 12.2 Å². The van der Waals surface area contributed by atoms with Gasteiger partial charge in [0, 0.05) is 45.0 Å². The van der Waals surface area contributed by atoms with Crippen LogP contribution in [0.4, 0.5) is 9.59 Å². The first-order valence-corrected chi connectivity index (χ1v) is 14.5. The molecular formula is C32H45N3O7. The molecule has 1 heterocycles. The lowest BCUT2D eigenvalue weighted by Crippen LogP contribution is -2.47. The van der Waals surface area contributed by atoms with E-state index < -0.39 is 23.9 Å². The van der Waals surface area contributed by atoms with Crippen molar-refractivity contribution in [3.63, 3.8) is 0 Å². The van der Waals surface area contributed by atoms with Gasteiger partial charge in [-0.1, -0.05) is 42.5 Å². The first-order chi connectivity index (χ1) is 20.1. The summed E-state index contributed by atoms with van der Waals surface area (Å²) in [5.74, 6) is 0.0483. The summed E-state index contributed by atoms with van der Waals surface area (Å²) in [5.41, 5.74) is 1.58. The normalized spacial score (nSPS) is 16.5. The van der Waals surface area contributed by atoms with Gasteiger partial charge in [0.2, 0.25) is 0 Å². The van der Waals surface area contributed by atoms with E-state index in [-0.39, 0.29) is 31.0 Å². The van der Waals surface area contributed by atoms with Gasteiger partial charge < -0.3 is 34.5 Å². The average Bonchev–Trinajstić information content (AvgIpc) is 2.97. The lowest BCUT2D eigenvalue weighted by atomic mass is 9.93. The maximum Gasteiger partial charge on any atom is 0.410 e. The molecule has 1 aliphatic heterocycles. The highest BCUT2D eigenvalue weighted by Crippen LogP contribution is 2.27. The Morgan fingerprint density at radius 1 is 1.07 bits per heavy atom. The number of likely N-dealkylation sites (N-methyl/N-ethyl adjacent to an activating group) is 1. The summed E-state index contributed by atoms with van der Waals surface area (Å²) >= 11 is 0. The number of alkyl carbamates (subject to hydrolysis) is 1. The lowest BCUT2D eigenvalue weighted by Gasteiger charge is -2.31. The molecule has 1 fully saturated rings. The Morgan fingerprint density at radius 3 is 2.48 bits per heavy atom. The van der Waals surface area contributed by atoms with Crippen molar-refractivity contribution in [3.8, 4) is 0 Å². The minimum absolute atomic E-state index is 0.240. The Kier molecular flexibility index (Phi) is 12.6. The molecule has 3 unspecified atom stereocenters. The second-order valence-corrected chi connectivity index (χ2v) is 11.6. The largest absolute Gasteiger partial charge is 0.453 e. The Hall–Kier alpha value is -3.63. The monoisotopic (exact) mass is 583 g/mol. The third-order valence-corrected chi connectivity index (χ3v) is 6.80. The molecule has 0 spiro atoms. The van der Waals surface area contributed by atoms with Gasteiger partial charge in [-0.2, -0.15) is 0 Å². The third kappa shape index (κ3) is 11.0. The molecule has 10 heteroatoms. The zero-order valence-corrected chi connectivity index (χ0v) is 25.4. The standard InChI is InChI=1S/C32H45N3O7/c1-32(2,3)42-31(38)35(4)21-27(19-23-11-10-17-40-22-23)34-29(36)26-15-9-14-25(20-26)28(24-12-7-6-8-13-24)41-18-16-33-30(37)39-5/h6-9,12-15,20,23,27-28H,10-11,16-19,21-22H2,1-5H3,(H,33,37)(H,34,36). The van der Waals surface area contributed by atoms with Crippen LogP contribution in [0.3, 0.4) is 0 Å². The van der Waals surface area contributed by atoms with E-state index in [1.165, 1.54) is 12.0 Å². The Morgan fingerprint density at radius 2 is 1.81 bits per heavy atom. The summed E-state index contributed by atoms with van der Waals surface area (Å²) < 4.78 is 22.0. The summed E-state index contributed by atoms with van der Waals surface area (Å²) in [5, 5.41) is 5.78. The number of amides is 3. The minimum atomic E-state index is -0.617. The summed E-state index contributed by atoms with van der Waals surface area (Å²) in [6, 6.07) is 16.7. The summed E-state index contributed by atoms with van der Waals surface area (Å²) in [4.78, 5) is 39.2. The number of nitrogens with one attached hydrogen (secondary N) is 2. The highest BCUT2D eigenvalue weighted by Gasteiger charge is 2.27. The highest BCUT2D eigenvalue weighted by atomic mass is 16.6. The van der Waals surface area contributed by atoms with Crippen molar-refractivity contribution in [2.75, 3.05) is 47.1 Å². The van der Waals surface area contributed by atoms with Crippen molar-refractivity contribution in [1.29, 1.82) is 0 Å². The van der Waals surface area contributed by atoms with E-state index in [1.807, 2.05) is 69.3 Å². The van der Waals surface area contributed by atoms with Crippen LogP contribution in [-0.2, 0) is 18.9 Å². The molecule has 42 heavy (non-hydrogen) atoms. The molecule has 3 rings (SSSR count). The number of nitrogens with zero attached hydrogens (tertiary/aromatic N) is 1. The van der Waals surface area contributed by atoms with Gasteiger partial charge in [0.25, 0.3) is 5.91 Å². The first-order valence-electron chi connectivity index (χ1n) is 14.5. The number of methoxy groups -OCH3 is 1. The SMILES string of the molecule is COC(=O)NCCOC(c1ccccc1)c1cccc(C(=O)NC(CC2CCCOC2)CN(C)C(=O)OC(C)(C)C)c1. The molecule has 1 aliphatic rings. The Labute approximate surface area is 249 Å². The second-order valence-electron chi connectivity index (χ2n) is 11.6. The van der Waals surface area contributed by atoms with Crippen molar-refractivity contribution in [2.45, 2.75) is 57.8 Å². The molecule has 0 aliphatic carbocycles. The molecule has 3 atom stereocenters. The van der Waals surface area contributed by atoms with Crippen molar-refractivity contribution in [1.82, 2.24) is 15.5 Å². The number of hydrogen-bond donors (Lipinski definition) is 2. The zero-order valence-electron chi connectivity index (χ0n) is 25.4. The Balaban J connectivity index is 1.76. The molecule has 0 radical (unpaired) electrons. The third-order valence-electron chi connectivity index (χ3n) is 6.80. The van der Waals surface area contributed by atoms with Crippen molar-refractivity contribution >= 4 is 18.1 Å². The molecule has 0 bridgehead atoms. The topological polar surface area (TPSA) is 115 Å². The molecule has 2 aromatic rings. The lowest BCUT2D eigenvalue weighted by molar-refractivity contribution is 0.0245. The fraction of sp³-hybridized carbons (Fsp3) is 0.531. The summed E-state index contributed by atoms with van der Waals surface area (Å²) in [6.07, 6.45) is 1.26. The number of carbonyl (C=O) groups is 3. The van der Waals surface area contributed by atoms with Gasteiger partial charge in [-0.3, -0.25) is 4.79 Å². The molecule has 1 saturated heterocycles. The highest BCUT2D eigenvalue weighted by molar-refractivity contribution is 5.94. The van der Waals surface area contributed by atoms with Crippen LogP contribution in [-0.4, -0.2) is 81.7 Å². The van der Waals surface area contributed by atoms with E-state index in [1.54, 1.807) is 13.1 Å². The van der Waals surface area contributed by atoms with E-state index >= 15 is 0 Å². The first kappa shape index (κ1) is 32.9. The van der Waals surface area contributed by atoms with Gasteiger partial charge in [-0.25, -0.2) is 9.59 Å². The minimum Gasteiger partial charge on any atom is -0.453 e. The second kappa shape index (κ2) is 16.1. The summed E-state index contributed by atoms with van der Waals surface area (Å²) in [7, 11) is 2.99. The molecular weight excluding hydrogens is 538 g/mol. The molecule has 2 N–H and O–H groups in total. The number of benzene rings is 2. The van der Waals surface area contributed by atoms with E-state index in [0.29, 0.717) is 25.1 Å². The Bertz CT molecular complexity index is 1150. The van der Waals surface area contributed by atoms with Crippen LogP contribution in [0.5, 0.6) is 0 Å². The molecule has 10 nitrogen and oxygen atoms in total. The van der Waals surface area contributed by atoms with Gasteiger partial charge in [0.1, 0.15) is 11.7 Å². The number of rotatable bonds is 12. The van der Waals surface area contributed by atoms with E-state index in [9.17, 15) is 14.4 Å². The van der Waals surface area contributed by atoms with E-state index in [4.69, 9.17) is 14.2 Å². The van der Waals surface area contributed by atoms with Gasteiger partial charge in [0.15, 0.2) is 0 Å². The average molecular weight is 584 g/mol. The molecule has 0 saturated carbocycles. The van der Waals surface area contributed by atoms with Crippen LogP contribution in [0, 0.1) is 5.92 Å². The summed E-state index contributed by atoms with van der Waals surface area (Å²) in [6.45, 7) is 7.69. The number of ether oxygens (including phenoxy) is 4. The van der Waals surface area contributed by atoms with Crippen LogP contribution >= 0.6 is 0 Å². The zero-order chi connectivity index (χ0) is 30.5. The smallest absolute Gasteiger partial charge is 0.410 e. The van der Waals surface area contributed by atoms with Crippen LogP contribution < -0.4 is 10.6 Å². The van der Waals surface area contributed by atoms with Crippen LogP contribution in [0.1, 0.15) is 67.6 Å². The maximum absolute atomic E-state index is 13.6. The maximum atomic E-state index is 13.6. The van der Waals surface area contributed by atoms with Crippen molar-refractivity contribution < 1.29 is 33.3 Å². The predicted molar refractivity (Wildman–Crippen MR) is 159 cm³/mol. The number of hydrogen-bond acceptors (Lipinski definition) is 7. The van der Waals surface area contributed by atoms with Gasteiger partial charge in [-0.05, 0) is 69.2 Å². The van der Waals surface area contributed by atoms with Crippen molar-refractivity contribution in [3.05, 3.63) is 71.3 Å². The fourth-order valence-electron chi connectivity index (χ4n) is 4.85. The van der Waals surface area contributed by atoms with E-state index in [0.717, 1.165) is 30.6 Å². The molecule has 2 aromatic carbocycles. The molecule has 0 aromatic heterocycles. The molecule has 3 amide bonds. The van der Waals surface area contributed by atoms with Gasteiger partial charge in [-0.15, -0.1) is 0 Å². The fourth-order valence-corrected chi connectivity index (χ4v) is 4.85. The van der Waals surface area contributed by atoms with Crippen molar-refractivity contribution in [2.24, 2.45) is 5.92 Å². The van der Waals surface area contributed by atoms with E-state index in [2.05, 4.69) is 15.4 Å². The van der Waals surface area contributed by atoms with Crippen LogP contribution in [0.25, 0.3) is 0 Å². The quantitative estimate of drug-likeness (QED) is 0.341. The number of carbonyl (C=O) groups excluding carboxylic acids is 3. The van der Waals surface area contributed by atoms with Crippen LogP contribution in [0.2, 0.25) is 0 Å².